The number of Topliss-reactive ketones (excluding diaryl/α,β-unsaturated/α-hetero) is 1. The van der Waals surface area contributed by atoms with Crippen LogP contribution in [-0.2, 0) is 4.79 Å². The van der Waals surface area contributed by atoms with E-state index in [-0.39, 0.29) is 16.9 Å². The molecule has 0 bridgehead atoms. The van der Waals surface area contributed by atoms with Crippen molar-refractivity contribution in [3.05, 3.63) is 75.7 Å². The van der Waals surface area contributed by atoms with Crippen LogP contribution in [0.25, 0.3) is 11.4 Å². The summed E-state index contributed by atoms with van der Waals surface area (Å²) >= 11 is 0. The second-order valence-corrected chi connectivity index (χ2v) is 8.65. The van der Waals surface area contributed by atoms with Crippen molar-refractivity contribution < 1.29 is 9.72 Å². The molecule has 156 valence electrons. The number of benzene rings is 1. The predicted molar refractivity (Wildman–Crippen MR) is 113 cm³/mol. The molecular weight excluding hydrogens is 396 g/mol. The first kappa shape index (κ1) is 19.1. The largest absolute Gasteiger partial charge is 0.328 e. The van der Waals surface area contributed by atoms with E-state index >= 15 is 0 Å². The second-order valence-electron chi connectivity index (χ2n) is 8.65. The molecule has 2 aromatic heterocycles. The van der Waals surface area contributed by atoms with Crippen molar-refractivity contribution in [2.75, 3.05) is 5.32 Å². The van der Waals surface area contributed by atoms with E-state index in [1.165, 1.54) is 12.1 Å². The maximum Gasteiger partial charge on any atom is 0.269 e. The summed E-state index contributed by atoms with van der Waals surface area (Å²) in [6.45, 7) is 4.17. The van der Waals surface area contributed by atoms with Crippen LogP contribution in [0, 0.1) is 15.5 Å². The number of carbonyl (C=O) groups excluding carboxylic acids is 1. The monoisotopic (exact) mass is 416 g/mol. The molecule has 0 amide bonds. The average molecular weight is 416 g/mol. The number of anilines is 1. The van der Waals surface area contributed by atoms with Crippen LogP contribution < -0.4 is 5.32 Å². The van der Waals surface area contributed by atoms with Crippen molar-refractivity contribution >= 4 is 17.4 Å². The normalized spacial score (nSPS) is 19.4. The number of nitrogens with one attached hydrogen (secondary N) is 1. The molecule has 1 unspecified atom stereocenters. The van der Waals surface area contributed by atoms with Crippen molar-refractivity contribution in [2.45, 2.75) is 32.7 Å². The minimum absolute atomic E-state index is 0.00506. The van der Waals surface area contributed by atoms with Crippen LogP contribution in [0.4, 0.5) is 11.6 Å². The highest BCUT2D eigenvalue weighted by molar-refractivity contribution is 6.00. The Bertz CT molecular complexity index is 1230. The number of nitro benzene ring substituents is 1. The molecule has 1 aliphatic carbocycles. The number of fused-ring (bicyclic) bond motifs is 1. The van der Waals surface area contributed by atoms with Gasteiger partial charge in [0.1, 0.15) is 6.04 Å². The highest BCUT2D eigenvalue weighted by atomic mass is 16.6. The van der Waals surface area contributed by atoms with Crippen LogP contribution in [0.2, 0.25) is 0 Å². The summed E-state index contributed by atoms with van der Waals surface area (Å²) in [4.78, 5) is 32.4. The van der Waals surface area contributed by atoms with E-state index < -0.39 is 11.0 Å². The highest BCUT2D eigenvalue weighted by Gasteiger charge is 2.41. The third-order valence-corrected chi connectivity index (χ3v) is 5.69. The molecular formula is C22H20N6O3. The van der Waals surface area contributed by atoms with E-state index in [0.717, 1.165) is 17.7 Å². The number of ketones is 1. The Morgan fingerprint density at radius 1 is 1.13 bits per heavy atom. The summed E-state index contributed by atoms with van der Waals surface area (Å²) in [5, 5.41) is 19.0. The van der Waals surface area contributed by atoms with Gasteiger partial charge in [-0.15, -0.1) is 5.10 Å². The lowest BCUT2D eigenvalue weighted by Gasteiger charge is -2.38. The van der Waals surface area contributed by atoms with Crippen molar-refractivity contribution in [1.29, 1.82) is 0 Å². The van der Waals surface area contributed by atoms with Crippen LogP contribution >= 0.6 is 0 Å². The maximum absolute atomic E-state index is 13.2. The zero-order chi connectivity index (χ0) is 21.8. The lowest BCUT2D eigenvalue weighted by atomic mass is 9.73. The fraction of sp³-hybridized carbons (Fsp3) is 0.273. The van der Waals surface area contributed by atoms with Gasteiger partial charge in [-0.25, -0.2) is 4.68 Å². The molecule has 31 heavy (non-hydrogen) atoms. The molecule has 0 radical (unpaired) electrons. The van der Waals surface area contributed by atoms with Gasteiger partial charge in [0.05, 0.1) is 4.92 Å². The van der Waals surface area contributed by atoms with Gasteiger partial charge in [-0.3, -0.25) is 19.9 Å². The SMILES string of the molecule is CC1(C)CC(=O)C2=C(C1)Nc1nc(-c3ccc([N+](=O)[O-])cc3)nn1C2c1ccncc1. The third-order valence-electron chi connectivity index (χ3n) is 5.69. The highest BCUT2D eigenvalue weighted by Crippen LogP contribution is 2.45. The zero-order valence-electron chi connectivity index (χ0n) is 17.1. The number of nitro groups is 1. The van der Waals surface area contributed by atoms with Crippen LogP contribution in [0.5, 0.6) is 0 Å². The lowest BCUT2D eigenvalue weighted by molar-refractivity contribution is -0.384. The molecule has 0 spiro atoms. The number of hydrogen-bond acceptors (Lipinski definition) is 7. The summed E-state index contributed by atoms with van der Waals surface area (Å²) in [6.07, 6.45) is 4.59. The summed E-state index contributed by atoms with van der Waals surface area (Å²) in [6, 6.07) is 9.47. The number of allylic oxidation sites excluding steroid dienone is 2. The molecule has 2 aliphatic rings. The molecule has 0 saturated heterocycles. The zero-order valence-corrected chi connectivity index (χ0v) is 17.1. The van der Waals surface area contributed by atoms with E-state index in [9.17, 15) is 14.9 Å². The van der Waals surface area contributed by atoms with Crippen molar-refractivity contribution in [3.8, 4) is 11.4 Å². The minimum Gasteiger partial charge on any atom is -0.328 e. The number of rotatable bonds is 3. The van der Waals surface area contributed by atoms with Crippen LogP contribution in [0.1, 0.15) is 38.3 Å². The van der Waals surface area contributed by atoms with Gasteiger partial charge in [0.15, 0.2) is 11.6 Å². The number of non-ortho nitro benzene ring substituents is 1. The summed E-state index contributed by atoms with van der Waals surface area (Å²) < 4.78 is 1.72. The van der Waals surface area contributed by atoms with Crippen molar-refractivity contribution in [1.82, 2.24) is 19.7 Å². The van der Waals surface area contributed by atoms with Crippen LogP contribution in [0.15, 0.2) is 60.1 Å². The Kier molecular flexibility index (Phi) is 4.21. The van der Waals surface area contributed by atoms with Gasteiger partial charge in [0, 0.05) is 47.8 Å². The average Bonchev–Trinajstić information content (AvgIpc) is 3.15. The standard InChI is InChI=1S/C22H20N6O3/c1-22(2)11-16-18(17(29)12-22)19(13-7-9-23-10-8-13)27-21(24-16)25-20(26-27)14-3-5-15(6-4-14)28(30)31/h3-10,19H,11-12H2,1-2H3,(H,24,25,26). The van der Waals surface area contributed by atoms with Crippen molar-refractivity contribution in [3.63, 3.8) is 0 Å². The van der Waals surface area contributed by atoms with Gasteiger partial charge in [0.25, 0.3) is 5.69 Å². The first-order valence-electron chi connectivity index (χ1n) is 9.97. The quantitative estimate of drug-likeness (QED) is 0.508. The van der Waals surface area contributed by atoms with Crippen molar-refractivity contribution in [2.24, 2.45) is 5.41 Å². The number of aromatic nitrogens is 4. The Morgan fingerprint density at radius 3 is 2.52 bits per heavy atom. The number of pyridine rings is 1. The molecule has 9 heteroatoms. The summed E-state index contributed by atoms with van der Waals surface area (Å²) in [5.41, 5.74) is 3.00. The molecule has 1 N–H and O–H groups in total. The summed E-state index contributed by atoms with van der Waals surface area (Å²) in [5.74, 6) is 1.07. The van der Waals surface area contributed by atoms with Gasteiger partial charge in [-0.1, -0.05) is 13.8 Å². The molecule has 3 aromatic rings. The molecule has 3 heterocycles. The molecule has 1 atom stereocenters. The number of carbonyl (C=O) groups is 1. The molecule has 1 aliphatic heterocycles. The Hall–Kier alpha value is -3.88. The predicted octanol–water partition coefficient (Wildman–Crippen LogP) is 3.91. The first-order valence-corrected chi connectivity index (χ1v) is 9.97. The first-order chi connectivity index (χ1) is 14.8. The third kappa shape index (κ3) is 3.27. The van der Waals surface area contributed by atoms with Gasteiger partial charge >= 0.3 is 0 Å². The fourth-order valence-electron chi connectivity index (χ4n) is 4.32. The van der Waals surface area contributed by atoms with Crippen LogP contribution in [-0.4, -0.2) is 30.5 Å². The van der Waals surface area contributed by atoms with E-state index in [2.05, 4.69) is 34.2 Å². The van der Waals surface area contributed by atoms with E-state index in [0.29, 0.717) is 29.3 Å². The van der Waals surface area contributed by atoms with E-state index in [1.807, 2.05) is 12.1 Å². The molecule has 0 saturated carbocycles. The smallest absolute Gasteiger partial charge is 0.269 e. The fourth-order valence-corrected chi connectivity index (χ4v) is 4.32. The maximum atomic E-state index is 13.2. The topological polar surface area (TPSA) is 116 Å². The number of hydrogen-bond donors (Lipinski definition) is 1. The Balaban J connectivity index is 1.63. The van der Waals surface area contributed by atoms with E-state index in [1.54, 1.807) is 29.2 Å². The van der Waals surface area contributed by atoms with E-state index in [4.69, 9.17) is 0 Å². The van der Waals surface area contributed by atoms with Gasteiger partial charge in [-0.05, 0) is 41.7 Å². The summed E-state index contributed by atoms with van der Waals surface area (Å²) in [7, 11) is 0. The molecule has 9 nitrogen and oxygen atoms in total. The van der Waals surface area contributed by atoms with Gasteiger partial charge < -0.3 is 5.32 Å². The Morgan fingerprint density at radius 2 is 1.84 bits per heavy atom. The second kappa shape index (κ2) is 6.83. The van der Waals surface area contributed by atoms with Gasteiger partial charge in [-0.2, -0.15) is 4.98 Å². The molecule has 5 rings (SSSR count). The molecule has 1 aromatic carbocycles. The Labute approximate surface area is 178 Å². The number of nitrogens with zero attached hydrogens (tertiary/aromatic N) is 5. The molecule has 0 fully saturated rings. The van der Waals surface area contributed by atoms with Crippen LogP contribution in [0.3, 0.4) is 0 Å². The van der Waals surface area contributed by atoms with Gasteiger partial charge in [0.2, 0.25) is 5.95 Å². The lowest BCUT2D eigenvalue weighted by Crippen LogP contribution is -2.36. The minimum atomic E-state index is -0.443.